The van der Waals surface area contributed by atoms with Gasteiger partial charge >= 0.3 is 0 Å². The number of nitrogens with two attached hydrogens (primary N) is 2. The van der Waals surface area contributed by atoms with Crippen molar-refractivity contribution in [3.63, 3.8) is 0 Å². The zero-order valence-corrected chi connectivity index (χ0v) is 10.4. The summed E-state index contributed by atoms with van der Waals surface area (Å²) in [6.07, 6.45) is 4.39. The molecule has 0 aromatic heterocycles. The van der Waals surface area contributed by atoms with Gasteiger partial charge in [-0.25, -0.2) is 5.84 Å². The number of hydrazine groups is 1. The number of hydrogen-bond acceptors (Lipinski definition) is 4. The van der Waals surface area contributed by atoms with Crippen LogP contribution in [0.25, 0.3) is 0 Å². The molecule has 0 aromatic carbocycles. The first-order chi connectivity index (χ1) is 7.51. The highest BCUT2D eigenvalue weighted by atomic mass is 15.4. The van der Waals surface area contributed by atoms with Crippen LogP contribution in [0, 0.1) is 17.3 Å². The SMILES string of the molecule is CC(C)CN(N)/C=C(\N)C1CC2(CNC2)C1. The van der Waals surface area contributed by atoms with Crippen molar-refractivity contribution in [3.05, 3.63) is 11.9 Å². The van der Waals surface area contributed by atoms with Crippen LogP contribution in [0.2, 0.25) is 0 Å². The summed E-state index contributed by atoms with van der Waals surface area (Å²) in [5, 5.41) is 5.06. The van der Waals surface area contributed by atoms with E-state index in [-0.39, 0.29) is 0 Å². The van der Waals surface area contributed by atoms with Gasteiger partial charge in [0.15, 0.2) is 0 Å². The van der Waals surface area contributed by atoms with Gasteiger partial charge in [0.25, 0.3) is 0 Å². The Bertz CT molecular complexity index is 273. The number of nitrogens with one attached hydrogen (secondary N) is 1. The maximum atomic E-state index is 6.07. The first-order valence-electron chi connectivity index (χ1n) is 6.20. The van der Waals surface area contributed by atoms with E-state index < -0.39 is 0 Å². The van der Waals surface area contributed by atoms with E-state index >= 15 is 0 Å². The summed E-state index contributed by atoms with van der Waals surface area (Å²) in [7, 11) is 0. The summed E-state index contributed by atoms with van der Waals surface area (Å²) in [5.41, 5.74) is 7.62. The van der Waals surface area contributed by atoms with Crippen molar-refractivity contribution in [2.45, 2.75) is 26.7 Å². The van der Waals surface area contributed by atoms with Crippen LogP contribution < -0.4 is 16.9 Å². The molecule has 5 N–H and O–H groups in total. The van der Waals surface area contributed by atoms with Crippen molar-refractivity contribution in [1.29, 1.82) is 0 Å². The fourth-order valence-corrected chi connectivity index (χ4v) is 2.76. The molecule has 2 aliphatic rings. The predicted molar refractivity (Wildman–Crippen MR) is 66.0 cm³/mol. The Labute approximate surface area is 98.0 Å². The van der Waals surface area contributed by atoms with Gasteiger partial charge in [-0.2, -0.15) is 0 Å². The lowest BCUT2D eigenvalue weighted by Crippen LogP contribution is -2.60. The van der Waals surface area contributed by atoms with E-state index in [9.17, 15) is 0 Å². The van der Waals surface area contributed by atoms with Crippen LogP contribution in [0.1, 0.15) is 26.7 Å². The number of nitrogens with zero attached hydrogens (tertiary/aromatic N) is 1. The minimum absolute atomic E-state index is 0.556. The van der Waals surface area contributed by atoms with E-state index in [1.165, 1.54) is 25.9 Å². The zero-order chi connectivity index (χ0) is 11.8. The topological polar surface area (TPSA) is 67.3 Å². The average molecular weight is 224 g/mol. The van der Waals surface area contributed by atoms with Crippen LogP contribution in [0.5, 0.6) is 0 Å². The van der Waals surface area contributed by atoms with Crippen LogP contribution in [-0.4, -0.2) is 24.6 Å². The molecule has 0 bridgehead atoms. The van der Waals surface area contributed by atoms with Gasteiger partial charge in [0, 0.05) is 37.4 Å². The third kappa shape index (κ3) is 2.33. The van der Waals surface area contributed by atoms with Crippen molar-refractivity contribution >= 4 is 0 Å². The number of rotatable bonds is 4. The van der Waals surface area contributed by atoms with Gasteiger partial charge in [-0.15, -0.1) is 0 Å². The second-order valence-corrected chi connectivity index (χ2v) is 5.93. The summed E-state index contributed by atoms with van der Waals surface area (Å²) in [5.74, 6) is 6.99. The molecule has 2 fully saturated rings. The molecule has 1 saturated heterocycles. The minimum Gasteiger partial charge on any atom is -0.401 e. The van der Waals surface area contributed by atoms with Crippen LogP contribution in [0.15, 0.2) is 11.9 Å². The molecule has 2 rings (SSSR count). The Morgan fingerprint density at radius 3 is 2.56 bits per heavy atom. The third-order valence-electron chi connectivity index (χ3n) is 3.72. The molecule has 0 radical (unpaired) electrons. The molecule has 4 heteroatoms. The van der Waals surface area contributed by atoms with Gasteiger partial charge in [0.2, 0.25) is 0 Å². The highest BCUT2D eigenvalue weighted by molar-refractivity contribution is 5.14. The second-order valence-electron chi connectivity index (χ2n) is 5.93. The molecule has 1 aliphatic heterocycles. The van der Waals surface area contributed by atoms with Crippen LogP contribution in [0.3, 0.4) is 0 Å². The third-order valence-corrected chi connectivity index (χ3v) is 3.72. The van der Waals surface area contributed by atoms with Crippen molar-refractivity contribution in [2.24, 2.45) is 28.8 Å². The minimum atomic E-state index is 0.556. The van der Waals surface area contributed by atoms with Crippen LogP contribution >= 0.6 is 0 Å². The normalized spacial score (nSPS) is 24.4. The Hall–Kier alpha value is -0.740. The van der Waals surface area contributed by atoms with Crippen molar-refractivity contribution < 1.29 is 0 Å². The molecule has 0 atom stereocenters. The van der Waals surface area contributed by atoms with E-state index in [0.717, 1.165) is 12.2 Å². The van der Waals surface area contributed by atoms with E-state index in [2.05, 4.69) is 19.2 Å². The molecule has 1 saturated carbocycles. The average Bonchev–Trinajstić information content (AvgIpc) is 1.95. The van der Waals surface area contributed by atoms with Gasteiger partial charge in [-0.3, -0.25) is 0 Å². The van der Waals surface area contributed by atoms with Gasteiger partial charge in [-0.1, -0.05) is 13.8 Å². The summed E-state index contributed by atoms with van der Waals surface area (Å²) in [6, 6.07) is 0. The molecule has 4 nitrogen and oxygen atoms in total. The summed E-state index contributed by atoms with van der Waals surface area (Å²) >= 11 is 0. The standard InChI is InChI=1S/C12H24N4/c1-9(2)5-16(14)6-11(13)10-3-12(4-10)7-15-8-12/h6,9-10,15H,3-5,7-8,13-14H2,1-2H3/b11-6-. The molecule has 92 valence electrons. The number of hydrogen-bond donors (Lipinski definition) is 3. The van der Waals surface area contributed by atoms with E-state index in [1.807, 2.05) is 6.20 Å². The first kappa shape index (κ1) is 11.7. The van der Waals surface area contributed by atoms with Gasteiger partial charge < -0.3 is 16.1 Å². The molecule has 1 spiro atoms. The Kier molecular flexibility index (Phi) is 3.13. The Morgan fingerprint density at radius 1 is 1.50 bits per heavy atom. The van der Waals surface area contributed by atoms with Crippen molar-refractivity contribution in [3.8, 4) is 0 Å². The van der Waals surface area contributed by atoms with Crippen molar-refractivity contribution in [1.82, 2.24) is 10.3 Å². The number of allylic oxidation sites excluding steroid dienone is 1. The highest BCUT2D eigenvalue weighted by Crippen LogP contribution is 2.50. The smallest absolute Gasteiger partial charge is 0.0359 e. The zero-order valence-electron chi connectivity index (χ0n) is 10.4. The molecule has 0 aromatic rings. The fraction of sp³-hybridized carbons (Fsp3) is 0.833. The van der Waals surface area contributed by atoms with E-state index in [1.54, 1.807) is 5.01 Å². The lowest BCUT2D eigenvalue weighted by molar-refractivity contribution is 0.0159. The fourth-order valence-electron chi connectivity index (χ4n) is 2.76. The predicted octanol–water partition coefficient (Wildman–Crippen LogP) is 0.618. The van der Waals surface area contributed by atoms with Crippen LogP contribution in [-0.2, 0) is 0 Å². The van der Waals surface area contributed by atoms with Gasteiger partial charge in [0.05, 0.1) is 0 Å². The first-order valence-corrected chi connectivity index (χ1v) is 6.20. The Balaban J connectivity index is 1.79. The monoisotopic (exact) mass is 224 g/mol. The maximum absolute atomic E-state index is 6.07. The molecule has 0 unspecified atom stereocenters. The summed E-state index contributed by atoms with van der Waals surface area (Å²) < 4.78 is 0. The summed E-state index contributed by atoms with van der Waals surface area (Å²) in [4.78, 5) is 0. The van der Waals surface area contributed by atoms with Gasteiger partial charge in [-0.05, 0) is 24.2 Å². The molecule has 1 aliphatic carbocycles. The summed E-state index contributed by atoms with van der Waals surface area (Å²) in [6.45, 7) is 7.52. The van der Waals surface area contributed by atoms with Gasteiger partial charge in [0.1, 0.15) is 0 Å². The quantitative estimate of drug-likeness (QED) is 0.484. The molecular formula is C12H24N4. The van der Waals surface area contributed by atoms with E-state index in [0.29, 0.717) is 17.3 Å². The molecule has 0 amide bonds. The lowest BCUT2D eigenvalue weighted by atomic mass is 9.58. The Morgan fingerprint density at radius 2 is 2.12 bits per heavy atom. The highest BCUT2D eigenvalue weighted by Gasteiger charge is 2.48. The maximum Gasteiger partial charge on any atom is 0.0359 e. The second kappa shape index (κ2) is 4.26. The lowest BCUT2D eigenvalue weighted by Gasteiger charge is -2.54. The molecular weight excluding hydrogens is 200 g/mol. The molecule has 16 heavy (non-hydrogen) atoms. The van der Waals surface area contributed by atoms with Crippen molar-refractivity contribution in [2.75, 3.05) is 19.6 Å². The molecule has 1 heterocycles. The van der Waals surface area contributed by atoms with Crippen LogP contribution in [0.4, 0.5) is 0 Å². The van der Waals surface area contributed by atoms with E-state index in [4.69, 9.17) is 11.6 Å². The largest absolute Gasteiger partial charge is 0.401 e.